The van der Waals surface area contributed by atoms with E-state index in [-0.39, 0.29) is 23.9 Å². The van der Waals surface area contributed by atoms with Gasteiger partial charge in [0.25, 0.3) is 5.91 Å². The molecule has 1 amide bonds. The van der Waals surface area contributed by atoms with E-state index in [0.29, 0.717) is 22.4 Å². The molecule has 6 nitrogen and oxygen atoms in total. The van der Waals surface area contributed by atoms with E-state index in [0.717, 1.165) is 6.20 Å². The van der Waals surface area contributed by atoms with Crippen molar-refractivity contribution in [3.8, 4) is 22.8 Å². The van der Waals surface area contributed by atoms with Crippen molar-refractivity contribution in [2.75, 3.05) is 11.5 Å². The molecule has 0 fully saturated rings. The Labute approximate surface area is 178 Å². The summed E-state index contributed by atoms with van der Waals surface area (Å²) < 4.78 is 71.8. The Balaban J connectivity index is 1.65. The lowest BCUT2D eigenvalue weighted by molar-refractivity contribution is -0.153. The minimum absolute atomic E-state index is 0.0248. The maximum absolute atomic E-state index is 12.9. The maximum Gasteiger partial charge on any atom is 0.422 e. The third-order valence-corrected chi connectivity index (χ3v) is 4.60. The number of anilines is 1. The van der Waals surface area contributed by atoms with Crippen LogP contribution in [-0.2, 0) is 6.54 Å². The number of para-hydroxylation sites is 1. The van der Waals surface area contributed by atoms with Gasteiger partial charge in [-0.25, -0.2) is 4.98 Å². The lowest BCUT2D eigenvalue weighted by Crippen LogP contribution is -2.24. The van der Waals surface area contributed by atoms with Gasteiger partial charge in [0.2, 0.25) is 0 Å². The number of halogens is 5. The number of ether oxygens (including phenoxy) is 2. The van der Waals surface area contributed by atoms with Gasteiger partial charge in [-0.15, -0.1) is 0 Å². The Morgan fingerprint density at radius 3 is 2.50 bits per heavy atom. The molecule has 0 unspecified atom stereocenters. The summed E-state index contributed by atoms with van der Waals surface area (Å²) in [5.74, 6) is -0.401. The summed E-state index contributed by atoms with van der Waals surface area (Å²) >= 11 is 0. The first-order chi connectivity index (χ1) is 15.2. The van der Waals surface area contributed by atoms with Crippen LogP contribution in [-0.4, -0.2) is 35.3 Å². The van der Waals surface area contributed by atoms with Gasteiger partial charge in [-0.3, -0.25) is 14.7 Å². The van der Waals surface area contributed by atoms with E-state index in [1.807, 2.05) is 0 Å². The predicted octanol–water partition coefficient (Wildman–Crippen LogP) is 4.85. The molecule has 1 aromatic carbocycles. The molecule has 0 saturated heterocycles. The molecule has 1 aliphatic heterocycles. The van der Waals surface area contributed by atoms with E-state index in [1.165, 1.54) is 41.4 Å². The molecule has 0 radical (unpaired) electrons. The molecule has 0 bridgehead atoms. The zero-order valence-electron chi connectivity index (χ0n) is 16.1. The van der Waals surface area contributed by atoms with Crippen molar-refractivity contribution in [2.24, 2.45) is 0 Å². The van der Waals surface area contributed by atoms with Crippen molar-refractivity contribution in [2.45, 2.75) is 19.3 Å². The number of fused-ring (bicyclic) bond motifs is 1. The number of rotatable bonds is 6. The molecule has 0 atom stereocenters. The number of carbonyl (C=O) groups is 1. The van der Waals surface area contributed by atoms with Gasteiger partial charge < -0.3 is 9.47 Å². The monoisotopic (exact) mass is 451 g/mol. The van der Waals surface area contributed by atoms with Gasteiger partial charge in [0.1, 0.15) is 17.3 Å². The Bertz CT molecular complexity index is 1140. The maximum atomic E-state index is 12.9. The summed E-state index contributed by atoms with van der Waals surface area (Å²) in [6, 6.07) is 10.2. The fourth-order valence-corrected chi connectivity index (χ4v) is 3.30. The van der Waals surface area contributed by atoms with Gasteiger partial charge in [-0.05, 0) is 30.3 Å². The van der Waals surface area contributed by atoms with Crippen molar-refractivity contribution < 1.29 is 36.2 Å². The van der Waals surface area contributed by atoms with Gasteiger partial charge in [0.15, 0.2) is 6.61 Å². The molecule has 0 aliphatic carbocycles. The van der Waals surface area contributed by atoms with E-state index in [4.69, 9.17) is 4.74 Å². The third-order valence-electron chi connectivity index (χ3n) is 4.60. The topological polar surface area (TPSA) is 64.5 Å². The van der Waals surface area contributed by atoms with Gasteiger partial charge in [0.05, 0.1) is 18.4 Å². The summed E-state index contributed by atoms with van der Waals surface area (Å²) in [6.07, 6.45) is -2.07. The molecular formula is C21H14F5N3O3. The van der Waals surface area contributed by atoms with E-state index in [1.54, 1.807) is 12.1 Å². The summed E-state index contributed by atoms with van der Waals surface area (Å²) in [7, 11) is 0. The first kappa shape index (κ1) is 21.5. The van der Waals surface area contributed by atoms with E-state index < -0.39 is 25.3 Å². The molecular weight excluding hydrogens is 437 g/mol. The minimum atomic E-state index is -4.52. The highest BCUT2D eigenvalue weighted by Gasteiger charge is 2.33. The summed E-state index contributed by atoms with van der Waals surface area (Å²) in [6.45, 7) is -4.44. The third kappa shape index (κ3) is 4.46. The average molecular weight is 451 g/mol. The van der Waals surface area contributed by atoms with Gasteiger partial charge in [-0.2, -0.15) is 22.0 Å². The predicted molar refractivity (Wildman–Crippen MR) is 103 cm³/mol. The second-order valence-corrected chi connectivity index (χ2v) is 6.71. The van der Waals surface area contributed by atoms with Gasteiger partial charge in [0, 0.05) is 22.9 Å². The normalized spacial score (nSPS) is 13.4. The Morgan fingerprint density at radius 2 is 1.81 bits per heavy atom. The van der Waals surface area contributed by atoms with Crippen LogP contribution in [0.5, 0.6) is 11.5 Å². The second-order valence-electron chi connectivity index (χ2n) is 6.71. The van der Waals surface area contributed by atoms with Crippen molar-refractivity contribution in [1.29, 1.82) is 0 Å². The van der Waals surface area contributed by atoms with Crippen LogP contribution in [0, 0.1) is 0 Å². The Hall–Kier alpha value is -3.76. The number of aromatic nitrogens is 2. The molecule has 166 valence electrons. The van der Waals surface area contributed by atoms with Gasteiger partial charge >= 0.3 is 12.8 Å². The van der Waals surface area contributed by atoms with Crippen LogP contribution in [0.25, 0.3) is 11.3 Å². The molecule has 1 aliphatic rings. The highest BCUT2D eigenvalue weighted by Crippen LogP contribution is 2.37. The standard InChI is InChI=1S/C21H14F5N3O3/c22-20(23)32-12-5-6-17(28-9-12)29-10-15-13(19(29)30)7-8-27-18(15)14-3-1-2-4-16(14)31-11-21(24,25)26/h1-9,20H,10-11H2. The smallest absolute Gasteiger partial charge is 0.422 e. The van der Waals surface area contributed by atoms with Crippen LogP contribution in [0.3, 0.4) is 0 Å². The number of pyridine rings is 2. The van der Waals surface area contributed by atoms with Crippen molar-refractivity contribution in [1.82, 2.24) is 9.97 Å². The molecule has 0 N–H and O–H groups in total. The number of hydrogen-bond acceptors (Lipinski definition) is 5. The van der Waals surface area contributed by atoms with Crippen molar-refractivity contribution in [3.05, 3.63) is 66.0 Å². The number of benzene rings is 1. The molecule has 2 aromatic heterocycles. The molecule has 0 spiro atoms. The van der Waals surface area contributed by atoms with Gasteiger partial charge in [-0.1, -0.05) is 12.1 Å². The molecule has 3 aromatic rings. The molecule has 4 rings (SSSR count). The van der Waals surface area contributed by atoms with E-state index in [2.05, 4.69) is 14.7 Å². The zero-order valence-corrected chi connectivity index (χ0v) is 16.1. The fraction of sp³-hybridized carbons (Fsp3) is 0.190. The Morgan fingerprint density at radius 1 is 1.03 bits per heavy atom. The highest BCUT2D eigenvalue weighted by molar-refractivity contribution is 6.10. The average Bonchev–Trinajstić information content (AvgIpc) is 3.09. The van der Waals surface area contributed by atoms with Crippen molar-refractivity contribution >= 4 is 11.7 Å². The first-order valence-corrected chi connectivity index (χ1v) is 9.22. The van der Waals surface area contributed by atoms with Crippen LogP contribution in [0.15, 0.2) is 54.9 Å². The lowest BCUT2D eigenvalue weighted by Gasteiger charge is -2.16. The van der Waals surface area contributed by atoms with Crippen LogP contribution < -0.4 is 14.4 Å². The van der Waals surface area contributed by atoms with Crippen LogP contribution in [0.4, 0.5) is 27.8 Å². The molecule has 32 heavy (non-hydrogen) atoms. The number of amides is 1. The molecule has 0 saturated carbocycles. The minimum Gasteiger partial charge on any atom is -0.483 e. The van der Waals surface area contributed by atoms with E-state index >= 15 is 0 Å². The van der Waals surface area contributed by atoms with Crippen molar-refractivity contribution in [3.63, 3.8) is 0 Å². The Kier molecular flexibility index (Phi) is 5.64. The van der Waals surface area contributed by atoms with Crippen LogP contribution in [0.1, 0.15) is 15.9 Å². The zero-order chi connectivity index (χ0) is 22.9. The highest BCUT2D eigenvalue weighted by atomic mass is 19.4. The fourth-order valence-electron chi connectivity index (χ4n) is 3.30. The number of nitrogens with zero attached hydrogens (tertiary/aromatic N) is 3. The number of hydrogen-bond donors (Lipinski definition) is 0. The first-order valence-electron chi connectivity index (χ1n) is 9.22. The van der Waals surface area contributed by atoms with Crippen LogP contribution >= 0.6 is 0 Å². The summed E-state index contributed by atoms with van der Waals surface area (Å²) in [4.78, 5) is 22.5. The second kappa shape index (κ2) is 8.40. The number of alkyl halides is 5. The summed E-state index contributed by atoms with van der Waals surface area (Å²) in [5.41, 5.74) is 1.39. The van der Waals surface area contributed by atoms with E-state index in [9.17, 15) is 26.7 Å². The molecule has 11 heteroatoms. The lowest BCUT2D eigenvalue weighted by atomic mass is 10.0. The molecule has 3 heterocycles. The largest absolute Gasteiger partial charge is 0.483 e. The summed E-state index contributed by atoms with van der Waals surface area (Å²) in [5, 5.41) is 0. The SMILES string of the molecule is O=C1c2ccnc(-c3ccccc3OCC(F)(F)F)c2CN1c1ccc(OC(F)F)cn1. The van der Waals surface area contributed by atoms with Crippen LogP contribution in [0.2, 0.25) is 0 Å². The number of carbonyl (C=O) groups excluding carboxylic acids is 1. The quantitative estimate of drug-likeness (QED) is 0.502.